The maximum absolute atomic E-state index is 13.3. The molecule has 0 aliphatic carbocycles. The van der Waals surface area contributed by atoms with Crippen molar-refractivity contribution in [2.75, 3.05) is 22.0 Å². The van der Waals surface area contributed by atoms with Gasteiger partial charge in [-0.3, -0.25) is 9.10 Å². The first-order chi connectivity index (χ1) is 12.7. The number of hydrogen-bond acceptors (Lipinski definition) is 3. The predicted molar refractivity (Wildman–Crippen MR) is 110 cm³/mol. The third-order valence-electron chi connectivity index (χ3n) is 4.57. The van der Waals surface area contributed by atoms with Crippen LogP contribution in [0.15, 0.2) is 42.5 Å². The molecule has 5 nitrogen and oxygen atoms in total. The largest absolute Gasteiger partial charge is 0.310 e. The molecule has 0 N–H and O–H groups in total. The van der Waals surface area contributed by atoms with Crippen molar-refractivity contribution in [1.29, 1.82) is 0 Å². The van der Waals surface area contributed by atoms with Crippen molar-refractivity contribution in [2.24, 2.45) is 0 Å². The average molecular weight is 427 g/mol. The summed E-state index contributed by atoms with van der Waals surface area (Å²) in [5, 5.41) is 0.611. The molecule has 8 heteroatoms. The molecule has 1 unspecified atom stereocenters. The Hall–Kier alpha value is -1.76. The number of amides is 1. The number of fused-ring (bicyclic) bond motifs is 1. The summed E-state index contributed by atoms with van der Waals surface area (Å²) in [6.07, 6.45) is 2.14. The maximum Gasteiger partial charge on any atom is 0.250 e. The molecule has 27 heavy (non-hydrogen) atoms. The maximum atomic E-state index is 13.3. The van der Waals surface area contributed by atoms with Gasteiger partial charge in [-0.2, -0.15) is 0 Å². The number of sulfonamides is 1. The van der Waals surface area contributed by atoms with Crippen molar-refractivity contribution < 1.29 is 13.2 Å². The summed E-state index contributed by atoms with van der Waals surface area (Å²) >= 11 is 12.1. The van der Waals surface area contributed by atoms with Gasteiger partial charge in [0.15, 0.2) is 0 Å². The average Bonchev–Trinajstić information content (AvgIpc) is 3.01. The molecule has 1 atom stereocenters. The topological polar surface area (TPSA) is 57.7 Å². The van der Waals surface area contributed by atoms with E-state index in [0.29, 0.717) is 23.0 Å². The van der Waals surface area contributed by atoms with E-state index in [-0.39, 0.29) is 11.6 Å². The molecule has 2 aromatic rings. The first-order valence-electron chi connectivity index (χ1n) is 8.57. The monoisotopic (exact) mass is 426 g/mol. The third kappa shape index (κ3) is 4.08. The van der Waals surface area contributed by atoms with Gasteiger partial charge >= 0.3 is 0 Å². The Morgan fingerprint density at radius 1 is 1.19 bits per heavy atom. The summed E-state index contributed by atoms with van der Waals surface area (Å²) < 4.78 is 26.3. The summed E-state index contributed by atoms with van der Waals surface area (Å²) in [5.41, 5.74) is 2.19. The molecule has 3 rings (SSSR count). The fourth-order valence-electron chi connectivity index (χ4n) is 3.46. The molecule has 2 aromatic carbocycles. The second-order valence-electron chi connectivity index (χ2n) is 6.48. The molecule has 1 heterocycles. The SMILES string of the molecule is CCC(C(=O)N1CCc2ccccc21)N(c1cc(Cl)cc(Cl)c1)S(C)(=O)=O. The Kier molecular flexibility index (Phi) is 5.70. The van der Waals surface area contributed by atoms with Gasteiger partial charge in [0.05, 0.1) is 11.9 Å². The van der Waals surface area contributed by atoms with Crippen LogP contribution in [-0.2, 0) is 21.2 Å². The molecule has 0 fully saturated rings. The first kappa shape index (κ1) is 20.0. The van der Waals surface area contributed by atoms with Gasteiger partial charge < -0.3 is 4.90 Å². The number of hydrogen-bond donors (Lipinski definition) is 0. The van der Waals surface area contributed by atoms with Crippen LogP contribution < -0.4 is 9.21 Å². The minimum Gasteiger partial charge on any atom is -0.310 e. The van der Waals surface area contributed by atoms with Gasteiger partial charge in [-0.1, -0.05) is 48.3 Å². The summed E-state index contributed by atoms with van der Waals surface area (Å²) in [6, 6.07) is 11.3. The van der Waals surface area contributed by atoms with Crippen molar-refractivity contribution in [1.82, 2.24) is 0 Å². The summed E-state index contributed by atoms with van der Waals surface area (Å²) in [7, 11) is -3.75. The first-order valence-corrected chi connectivity index (χ1v) is 11.2. The normalized spacial score (nSPS) is 14.7. The van der Waals surface area contributed by atoms with E-state index < -0.39 is 16.1 Å². The number of benzene rings is 2. The van der Waals surface area contributed by atoms with E-state index in [1.807, 2.05) is 24.3 Å². The highest BCUT2D eigenvalue weighted by Gasteiger charge is 2.36. The van der Waals surface area contributed by atoms with Crippen LogP contribution >= 0.6 is 23.2 Å². The molecular weight excluding hydrogens is 407 g/mol. The Balaban J connectivity index is 2.04. The van der Waals surface area contributed by atoms with E-state index in [1.165, 1.54) is 18.2 Å². The number of para-hydroxylation sites is 1. The standard InChI is InChI=1S/C19H20Cl2N2O3S/c1-3-17(19(24)22-9-8-13-6-4-5-7-18(13)22)23(27(2,25)26)16-11-14(20)10-15(21)12-16/h4-7,10-12,17H,3,8-9H2,1-2H3. The van der Waals surface area contributed by atoms with Crippen LogP contribution in [0.3, 0.4) is 0 Å². The van der Waals surface area contributed by atoms with Gasteiger partial charge in [0, 0.05) is 22.3 Å². The fraction of sp³-hybridized carbons (Fsp3) is 0.316. The number of nitrogens with zero attached hydrogens (tertiary/aromatic N) is 2. The van der Waals surface area contributed by atoms with Crippen molar-refractivity contribution in [3.63, 3.8) is 0 Å². The fourth-order valence-corrected chi connectivity index (χ4v) is 5.16. The van der Waals surface area contributed by atoms with Crippen LogP contribution in [-0.4, -0.2) is 33.2 Å². The predicted octanol–water partition coefficient (Wildman–Crippen LogP) is 4.13. The van der Waals surface area contributed by atoms with Gasteiger partial charge in [-0.15, -0.1) is 0 Å². The van der Waals surface area contributed by atoms with Crippen molar-refractivity contribution >= 4 is 50.5 Å². The Morgan fingerprint density at radius 3 is 2.41 bits per heavy atom. The zero-order chi connectivity index (χ0) is 19.8. The molecule has 0 radical (unpaired) electrons. The molecule has 1 aliphatic heterocycles. The van der Waals surface area contributed by atoms with Crippen LogP contribution in [0, 0.1) is 0 Å². The van der Waals surface area contributed by atoms with Crippen molar-refractivity contribution in [3.05, 3.63) is 58.1 Å². The molecule has 0 saturated carbocycles. The Morgan fingerprint density at radius 2 is 1.81 bits per heavy atom. The van der Waals surface area contributed by atoms with E-state index in [9.17, 15) is 13.2 Å². The number of carbonyl (C=O) groups is 1. The zero-order valence-electron chi connectivity index (χ0n) is 15.0. The lowest BCUT2D eigenvalue weighted by molar-refractivity contribution is -0.119. The molecule has 1 amide bonds. The lowest BCUT2D eigenvalue weighted by Gasteiger charge is -2.33. The van der Waals surface area contributed by atoms with E-state index in [2.05, 4.69) is 0 Å². The summed E-state index contributed by atoms with van der Waals surface area (Å²) in [6.45, 7) is 2.32. The molecule has 144 valence electrons. The Bertz CT molecular complexity index is 958. The van der Waals surface area contributed by atoms with E-state index in [4.69, 9.17) is 23.2 Å². The van der Waals surface area contributed by atoms with Gasteiger partial charge in [0.25, 0.3) is 5.91 Å². The van der Waals surface area contributed by atoms with Crippen LogP contribution in [0.25, 0.3) is 0 Å². The van der Waals surface area contributed by atoms with E-state index in [0.717, 1.165) is 28.2 Å². The van der Waals surface area contributed by atoms with Crippen LogP contribution in [0.2, 0.25) is 10.0 Å². The quantitative estimate of drug-likeness (QED) is 0.721. The molecule has 1 aliphatic rings. The van der Waals surface area contributed by atoms with Crippen LogP contribution in [0.5, 0.6) is 0 Å². The molecular formula is C19H20Cl2N2O3S. The van der Waals surface area contributed by atoms with Gasteiger partial charge in [0.1, 0.15) is 6.04 Å². The number of rotatable bonds is 5. The van der Waals surface area contributed by atoms with Crippen LogP contribution in [0.4, 0.5) is 11.4 Å². The van der Waals surface area contributed by atoms with Gasteiger partial charge in [-0.05, 0) is 42.7 Å². The highest BCUT2D eigenvalue weighted by atomic mass is 35.5. The third-order valence-corrected chi connectivity index (χ3v) is 6.18. The van der Waals surface area contributed by atoms with Crippen LogP contribution in [0.1, 0.15) is 18.9 Å². The second kappa shape index (κ2) is 7.70. The number of carbonyl (C=O) groups excluding carboxylic acids is 1. The van der Waals surface area contributed by atoms with Gasteiger partial charge in [0.2, 0.25) is 10.0 Å². The molecule has 0 bridgehead atoms. The lowest BCUT2D eigenvalue weighted by Crippen LogP contribution is -2.50. The number of halogens is 2. The molecule has 0 saturated heterocycles. The minimum absolute atomic E-state index is 0.260. The van der Waals surface area contributed by atoms with Crippen molar-refractivity contribution in [3.8, 4) is 0 Å². The number of anilines is 2. The molecule has 0 spiro atoms. The van der Waals surface area contributed by atoms with E-state index in [1.54, 1.807) is 11.8 Å². The van der Waals surface area contributed by atoms with Crippen molar-refractivity contribution in [2.45, 2.75) is 25.8 Å². The summed E-state index contributed by atoms with van der Waals surface area (Å²) in [4.78, 5) is 15.0. The van der Waals surface area contributed by atoms with Gasteiger partial charge in [-0.25, -0.2) is 8.42 Å². The highest BCUT2D eigenvalue weighted by molar-refractivity contribution is 7.92. The second-order valence-corrected chi connectivity index (χ2v) is 9.21. The zero-order valence-corrected chi connectivity index (χ0v) is 17.4. The lowest BCUT2D eigenvalue weighted by atomic mass is 10.1. The summed E-state index contributed by atoms with van der Waals surface area (Å²) in [5.74, 6) is -0.260. The minimum atomic E-state index is -3.75. The highest BCUT2D eigenvalue weighted by Crippen LogP contribution is 2.33. The Labute approximate surface area is 169 Å². The smallest absolute Gasteiger partial charge is 0.250 e. The van der Waals surface area contributed by atoms with E-state index >= 15 is 0 Å². The molecule has 0 aromatic heterocycles.